The number of amides is 4. The van der Waals surface area contributed by atoms with E-state index in [4.69, 9.17) is 4.98 Å². The molecular formula is C30H29F3N8O3. The lowest BCUT2D eigenvalue weighted by molar-refractivity contribution is -0.137. The third kappa shape index (κ3) is 5.66. The standard InChI is InChI=1S/C30H29F3N8O3/c1-2-34-29(44)39-26-25-24(38-27(40(25)14-13-36-26)19-7-8-21-9-10-23(42)41(21)16-19)17-3-5-18(6-4-17)28(43)37-22-15-20(11-12-35-22)30(31,32)33/h3-6,11-15,19,21H,2,7-10,16H2,1H3,(H,35,37,43)(H2,34,36,39,44). The molecule has 0 radical (unpaired) electrons. The molecule has 2 fully saturated rings. The van der Waals surface area contributed by atoms with Crippen LogP contribution in [0.25, 0.3) is 16.8 Å². The Labute approximate surface area is 249 Å². The lowest BCUT2D eigenvalue weighted by Gasteiger charge is -2.34. The summed E-state index contributed by atoms with van der Waals surface area (Å²) in [6, 6.07) is 7.83. The third-order valence-corrected chi connectivity index (χ3v) is 7.98. The Kier molecular flexibility index (Phi) is 7.66. The molecule has 14 heteroatoms. The summed E-state index contributed by atoms with van der Waals surface area (Å²) in [6.07, 6.45) is 2.90. The Morgan fingerprint density at radius 1 is 1.02 bits per heavy atom. The molecule has 4 amide bonds. The Hall–Kier alpha value is -5.01. The number of aromatic nitrogens is 4. The number of pyridine rings is 1. The molecule has 228 valence electrons. The summed E-state index contributed by atoms with van der Waals surface area (Å²) in [5.74, 6) is 0.264. The molecule has 2 aliphatic rings. The van der Waals surface area contributed by atoms with Crippen LogP contribution in [0.4, 0.5) is 29.6 Å². The highest BCUT2D eigenvalue weighted by molar-refractivity contribution is 6.04. The first-order chi connectivity index (χ1) is 21.1. The van der Waals surface area contributed by atoms with E-state index in [-0.39, 0.29) is 35.1 Å². The highest BCUT2D eigenvalue weighted by Gasteiger charge is 2.38. The summed E-state index contributed by atoms with van der Waals surface area (Å²) >= 11 is 0. The van der Waals surface area contributed by atoms with Gasteiger partial charge in [0.05, 0.1) is 5.56 Å². The molecule has 3 aromatic heterocycles. The SMILES string of the molecule is CCNC(=O)Nc1nccn2c(C3CCC4CCC(=O)N4C3)nc(-c3ccc(C(=O)Nc4cc(C(F)(F)F)ccn4)cc3)c12. The van der Waals surface area contributed by atoms with Crippen LogP contribution in [0.15, 0.2) is 55.0 Å². The number of halogens is 3. The maximum atomic E-state index is 13.1. The van der Waals surface area contributed by atoms with Crippen molar-refractivity contribution in [3.8, 4) is 11.3 Å². The second-order valence-corrected chi connectivity index (χ2v) is 10.8. The number of anilines is 2. The molecule has 2 atom stereocenters. The van der Waals surface area contributed by atoms with Gasteiger partial charge >= 0.3 is 12.2 Å². The Bertz CT molecular complexity index is 1740. The number of fused-ring (bicyclic) bond motifs is 2. The average Bonchev–Trinajstić information content (AvgIpc) is 3.58. The van der Waals surface area contributed by atoms with E-state index >= 15 is 0 Å². The summed E-state index contributed by atoms with van der Waals surface area (Å²) in [7, 11) is 0. The Morgan fingerprint density at radius 2 is 1.82 bits per heavy atom. The monoisotopic (exact) mass is 606 g/mol. The van der Waals surface area contributed by atoms with Gasteiger partial charge in [0.15, 0.2) is 5.82 Å². The number of carbonyl (C=O) groups is 3. The van der Waals surface area contributed by atoms with Crippen LogP contribution >= 0.6 is 0 Å². The quantitative estimate of drug-likeness (QED) is 0.281. The predicted molar refractivity (Wildman–Crippen MR) is 155 cm³/mol. The van der Waals surface area contributed by atoms with Crippen LogP contribution in [0, 0.1) is 0 Å². The highest BCUT2D eigenvalue weighted by Crippen LogP contribution is 2.38. The number of imidazole rings is 1. The molecule has 2 unspecified atom stereocenters. The van der Waals surface area contributed by atoms with Gasteiger partial charge in [0.2, 0.25) is 5.91 Å². The number of alkyl halides is 3. The minimum absolute atomic E-state index is 0.0423. The zero-order valence-corrected chi connectivity index (χ0v) is 23.7. The molecule has 11 nitrogen and oxygen atoms in total. The molecule has 3 N–H and O–H groups in total. The molecule has 0 bridgehead atoms. The number of benzene rings is 1. The largest absolute Gasteiger partial charge is 0.416 e. The molecule has 1 aromatic carbocycles. The lowest BCUT2D eigenvalue weighted by Crippen LogP contribution is -2.41. The number of hydrogen-bond donors (Lipinski definition) is 3. The fourth-order valence-corrected chi connectivity index (χ4v) is 5.88. The van der Waals surface area contributed by atoms with E-state index in [9.17, 15) is 27.6 Å². The molecule has 0 saturated carbocycles. The summed E-state index contributed by atoms with van der Waals surface area (Å²) in [6.45, 7) is 2.76. The minimum atomic E-state index is -4.57. The van der Waals surface area contributed by atoms with Crippen LogP contribution in [0.1, 0.15) is 60.3 Å². The second kappa shape index (κ2) is 11.6. The molecular weight excluding hydrogens is 577 g/mol. The molecule has 0 spiro atoms. The van der Waals surface area contributed by atoms with Gasteiger partial charge in [-0.3, -0.25) is 19.3 Å². The van der Waals surface area contributed by atoms with Gasteiger partial charge in [0, 0.05) is 61.2 Å². The number of piperidine rings is 1. The molecule has 0 aliphatic carbocycles. The van der Waals surface area contributed by atoms with E-state index < -0.39 is 23.7 Å². The highest BCUT2D eigenvalue weighted by atomic mass is 19.4. The smallest absolute Gasteiger partial charge is 0.339 e. The van der Waals surface area contributed by atoms with Gasteiger partial charge in [-0.1, -0.05) is 12.1 Å². The van der Waals surface area contributed by atoms with Gasteiger partial charge in [-0.2, -0.15) is 13.2 Å². The number of urea groups is 1. The average molecular weight is 607 g/mol. The molecule has 6 rings (SSSR count). The maximum absolute atomic E-state index is 13.1. The summed E-state index contributed by atoms with van der Waals surface area (Å²) < 4.78 is 41.1. The first-order valence-corrected chi connectivity index (χ1v) is 14.3. The maximum Gasteiger partial charge on any atom is 0.416 e. The fraction of sp³-hybridized carbons (Fsp3) is 0.333. The van der Waals surface area contributed by atoms with Crippen LogP contribution in [0.5, 0.6) is 0 Å². The van der Waals surface area contributed by atoms with Gasteiger partial charge < -0.3 is 15.5 Å². The van der Waals surface area contributed by atoms with Crippen molar-refractivity contribution in [3.63, 3.8) is 0 Å². The second-order valence-electron chi connectivity index (χ2n) is 10.8. The van der Waals surface area contributed by atoms with Crippen molar-refractivity contribution in [2.45, 2.75) is 50.7 Å². The third-order valence-electron chi connectivity index (χ3n) is 7.98. The first-order valence-electron chi connectivity index (χ1n) is 14.3. The number of nitrogens with one attached hydrogen (secondary N) is 3. The lowest BCUT2D eigenvalue weighted by atomic mass is 9.92. The summed E-state index contributed by atoms with van der Waals surface area (Å²) in [5, 5.41) is 7.89. The number of carbonyl (C=O) groups excluding carboxylic acids is 3. The molecule has 2 aliphatic heterocycles. The van der Waals surface area contributed by atoms with E-state index in [1.54, 1.807) is 31.5 Å². The van der Waals surface area contributed by atoms with Gasteiger partial charge in [-0.05, 0) is 50.5 Å². The van der Waals surface area contributed by atoms with Crippen molar-refractivity contribution < 1.29 is 27.6 Å². The minimum Gasteiger partial charge on any atom is -0.339 e. The Balaban J connectivity index is 1.33. The van der Waals surface area contributed by atoms with Crippen molar-refractivity contribution in [3.05, 3.63) is 71.9 Å². The van der Waals surface area contributed by atoms with Crippen molar-refractivity contribution in [1.29, 1.82) is 0 Å². The molecule has 44 heavy (non-hydrogen) atoms. The Morgan fingerprint density at radius 3 is 2.57 bits per heavy atom. The van der Waals surface area contributed by atoms with Crippen molar-refractivity contribution in [1.82, 2.24) is 29.6 Å². The van der Waals surface area contributed by atoms with Crippen LogP contribution in [0.2, 0.25) is 0 Å². The zero-order chi connectivity index (χ0) is 31.0. The number of nitrogens with zero attached hydrogens (tertiary/aromatic N) is 5. The van der Waals surface area contributed by atoms with Gasteiger partial charge in [-0.15, -0.1) is 0 Å². The van der Waals surface area contributed by atoms with Gasteiger partial charge in [0.1, 0.15) is 22.9 Å². The van der Waals surface area contributed by atoms with Gasteiger partial charge in [-0.25, -0.2) is 19.7 Å². The molecule has 2 saturated heterocycles. The number of rotatable bonds is 6. The van der Waals surface area contributed by atoms with Crippen LogP contribution in [-0.4, -0.2) is 61.2 Å². The summed E-state index contributed by atoms with van der Waals surface area (Å²) in [4.78, 5) is 53.0. The predicted octanol–water partition coefficient (Wildman–Crippen LogP) is 5.07. The fourth-order valence-electron chi connectivity index (χ4n) is 5.88. The van der Waals surface area contributed by atoms with E-state index in [1.165, 1.54) is 12.1 Å². The van der Waals surface area contributed by atoms with E-state index in [2.05, 4.69) is 25.9 Å². The molecule has 5 heterocycles. The topological polar surface area (TPSA) is 134 Å². The van der Waals surface area contributed by atoms with Crippen LogP contribution < -0.4 is 16.0 Å². The zero-order valence-electron chi connectivity index (χ0n) is 23.7. The summed E-state index contributed by atoms with van der Waals surface area (Å²) in [5.41, 5.74) is 0.964. The van der Waals surface area contributed by atoms with E-state index in [0.29, 0.717) is 36.3 Å². The van der Waals surface area contributed by atoms with Crippen molar-refractivity contribution in [2.24, 2.45) is 0 Å². The molecule has 4 aromatic rings. The van der Waals surface area contributed by atoms with Crippen molar-refractivity contribution in [2.75, 3.05) is 23.7 Å². The van der Waals surface area contributed by atoms with Crippen LogP contribution in [-0.2, 0) is 11.0 Å². The van der Waals surface area contributed by atoms with Crippen LogP contribution in [0.3, 0.4) is 0 Å². The van der Waals surface area contributed by atoms with E-state index in [1.807, 2.05) is 9.30 Å². The first kappa shape index (κ1) is 29.1. The van der Waals surface area contributed by atoms with Gasteiger partial charge in [0.25, 0.3) is 5.91 Å². The number of hydrogen-bond acceptors (Lipinski definition) is 6. The van der Waals surface area contributed by atoms with Crippen molar-refractivity contribution >= 4 is 35.0 Å². The normalized spacial score (nSPS) is 18.3. The van der Waals surface area contributed by atoms with E-state index in [0.717, 1.165) is 43.4 Å².